The van der Waals surface area contributed by atoms with Crippen LogP contribution < -0.4 is 10.1 Å². The molecule has 1 atom stereocenters. The molecule has 0 aliphatic heterocycles. The Hall–Kier alpha value is -2.04. The zero-order valence-corrected chi connectivity index (χ0v) is 13.0. The summed E-state index contributed by atoms with van der Waals surface area (Å²) in [5, 5.41) is 2.73. The second-order valence-electron chi connectivity index (χ2n) is 5.14. The third-order valence-corrected chi connectivity index (χ3v) is 2.82. The van der Waals surface area contributed by atoms with E-state index in [0.29, 0.717) is 11.3 Å². The molecule has 1 aromatic rings. The van der Waals surface area contributed by atoms with Gasteiger partial charge in [0.15, 0.2) is 6.61 Å². The second-order valence-corrected chi connectivity index (χ2v) is 5.14. The van der Waals surface area contributed by atoms with Crippen molar-refractivity contribution in [2.24, 2.45) is 0 Å². The van der Waals surface area contributed by atoms with Crippen molar-refractivity contribution >= 4 is 11.9 Å². The number of hydrogen-bond donors (Lipinski definition) is 1. The van der Waals surface area contributed by atoms with E-state index in [1.807, 2.05) is 27.7 Å². The molecule has 0 radical (unpaired) electrons. The summed E-state index contributed by atoms with van der Waals surface area (Å²) in [5.41, 5.74) is 0.391. The maximum absolute atomic E-state index is 11.8. The molecule has 5 heteroatoms. The van der Waals surface area contributed by atoms with Gasteiger partial charge in [-0.15, -0.1) is 0 Å². The molecule has 21 heavy (non-hydrogen) atoms. The van der Waals surface area contributed by atoms with Crippen LogP contribution >= 0.6 is 0 Å². The lowest BCUT2D eigenvalue weighted by Crippen LogP contribution is -2.35. The van der Waals surface area contributed by atoms with E-state index >= 15 is 0 Å². The number of carbonyl (C=O) groups excluding carboxylic acids is 2. The topological polar surface area (TPSA) is 64.6 Å². The van der Waals surface area contributed by atoms with Gasteiger partial charge >= 0.3 is 5.97 Å². The molecule has 1 N–H and O–H groups in total. The third kappa shape index (κ3) is 6.29. The average molecular weight is 293 g/mol. The molecule has 116 valence electrons. The highest BCUT2D eigenvalue weighted by Crippen LogP contribution is 2.14. The van der Waals surface area contributed by atoms with Crippen LogP contribution in [-0.2, 0) is 9.53 Å². The number of esters is 1. The number of benzene rings is 1. The molecule has 0 aromatic heterocycles. The first-order valence-electron chi connectivity index (χ1n) is 7.15. The van der Waals surface area contributed by atoms with Gasteiger partial charge in [-0.3, -0.25) is 4.79 Å². The van der Waals surface area contributed by atoms with Crippen molar-refractivity contribution in [2.45, 2.75) is 46.3 Å². The van der Waals surface area contributed by atoms with E-state index in [2.05, 4.69) is 5.32 Å². The van der Waals surface area contributed by atoms with E-state index in [9.17, 15) is 9.59 Å². The van der Waals surface area contributed by atoms with Gasteiger partial charge in [0.05, 0.1) is 11.7 Å². The zero-order valence-electron chi connectivity index (χ0n) is 13.0. The molecular weight excluding hydrogens is 270 g/mol. The van der Waals surface area contributed by atoms with E-state index in [1.54, 1.807) is 24.3 Å². The van der Waals surface area contributed by atoms with Gasteiger partial charge in [0.2, 0.25) is 0 Å². The molecule has 0 aliphatic rings. The van der Waals surface area contributed by atoms with E-state index in [-0.39, 0.29) is 24.7 Å². The predicted molar refractivity (Wildman–Crippen MR) is 80.4 cm³/mol. The number of nitrogens with one attached hydrogen (secondary N) is 1. The largest absolute Gasteiger partial charge is 0.491 e. The van der Waals surface area contributed by atoms with Crippen molar-refractivity contribution in [3.63, 3.8) is 0 Å². The van der Waals surface area contributed by atoms with Crippen molar-refractivity contribution < 1.29 is 19.1 Å². The Morgan fingerprint density at radius 1 is 1.14 bits per heavy atom. The predicted octanol–water partition coefficient (Wildman–Crippen LogP) is 2.55. The summed E-state index contributed by atoms with van der Waals surface area (Å²) >= 11 is 0. The van der Waals surface area contributed by atoms with Gasteiger partial charge in [-0.05, 0) is 51.5 Å². The smallest absolute Gasteiger partial charge is 0.338 e. The maximum atomic E-state index is 11.8. The Bertz CT molecular complexity index is 468. The Morgan fingerprint density at radius 3 is 2.29 bits per heavy atom. The number of hydrogen-bond acceptors (Lipinski definition) is 4. The van der Waals surface area contributed by atoms with Crippen molar-refractivity contribution in [2.75, 3.05) is 6.61 Å². The Kier molecular flexibility index (Phi) is 6.72. The number of amides is 1. The molecule has 1 aromatic carbocycles. The summed E-state index contributed by atoms with van der Waals surface area (Å²) in [6, 6.07) is 6.72. The molecule has 0 fully saturated rings. The lowest BCUT2D eigenvalue weighted by atomic mass is 10.2. The number of ether oxygens (including phenoxy) is 2. The summed E-state index contributed by atoms with van der Waals surface area (Å²) in [7, 11) is 0. The molecule has 0 unspecified atom stereocenters. The number of carbonyl (C=O) groups is 2. The molecule has 0 spiro atoms. The fraction of sp³-hybridized carbons (Fsp3) is 0.500. The molecule has 5 nitrogen and oxygen atoms in total. The van der Waals surface area contributed by atoms with Crippen LogP contribution in [0.25, 0.3) is 0 Å². The van der Waals surface area contributed by atoms with E-state index in [4.69, 9.17) is 9.47 Å². The molecule has 0 saturated carbocycles. The number of rotatable bonds is 7. The van der Waals surface area contributed by atoms with E-state index in [1.165, 1.54) is 0 Å². The van der Waals surface area contributed by atoms with Gasteiger partial charge < -0.3 is 14.8 Å². The average Bonchev–Trinajstić information content (AvgIpc) is 2.44. The van der Waals surface area contributed by atoms with Crippen molar-refractivity contribution in [1.29, 1.82) is 0 Å². The molecule has 1 rings (SSSR count). The van der Waals surface area contributed by atoms with E-state index in [0.717, 1.165) is 6.42 Å². The minimum absolute atomic E-state index is 0.0728. The Labute approximate surface area is 125 Å². The van der Waals surface area contributed by atoms with Crippen LogP contribution in [0.2, 0.25) is 0 Å². The van der Waals surface area contributed by atoms with Gasteiger partial charge in [-0.2, -0.15) is 0 Å². The summed E-state index contributed by atoms with van der Waals surface area (Å²) in [6.07, 6.45) is 0.906. The van der Waals surface area contributed by atoms with Crippen molar-refractivity contribution in [3.05, 3.63) is 29.8 Å². The molecular formula is C16H23NO4. The van der Waals surface area contributed by atoms with Gasteiger partial charge in [0.1, 0.15) is 5.75 Å². The van der Waals surface area contributed by atoms with Crippen molar-refractivity contribution in [3.8, 4) is 5.75 Å². The highest BCUT2D eigenvalue weighted by Gasteiger charge is 2.11. The lowest BCUT2D eigenvalue weighted by molar-refractivity contribution is -0.124. The summed E-state index contributed by atoms with van der Waals surface area (Å²) in [5.74, 6) is -0.126. The first-order valence-corrected chi connectivity index (χ1v) is 7.15. The van der Waals surface area contributed by atoms with Gasteiger partial charge in [-0.1, -0.05) is 6.92 Å². The summed E-state index contributed by atoms with van der Waals surface area (Å²) in [6.45, 7) is 7.45. The van der Waals surface area contributed by atoms with Crippen LogP contribution in [0.3, 0.4) is 0 Å². The van der Waals surface area contributed by atoms with Crippen LogP contribution in [0.5, 0.6) is 5.75 Å². The Morgan fingerprint density at radius 2 is 1.76 bits per heavy atom. The fourth-order valence-electron chi connectivity index (χ4n) is 1.57. The van der Waals surface area contributed by atoms with Crippen LogP contribution in [0, 0.1) is 0 Å². The van der Waals surface area contributed by atoms with Crippen molar-refractivity contribution in [1.82, 2.24) is 5.32 Å². The fourth-order valence-corrected chi connectivity index (χ4v) is 1.57. The van der Waals surface area contributed by atoms with Crippen LogP contribution in [0.4, 0.5) is 0 Å². The minimum Gasteiger partial charge on any atom is -0.491 e. The molecule has 0 heterocycles. The standard InChI is InChI=1S/C16H23NO4/c1-5-12(4)17-15(18)10-20-16(19)13-6-8-14(9-7-13)21-11(2)3/h6-9,11-12H,5,10H2,1-4H3,(H,17,18)/t12-/m0/s1. The monoisotopic (exact) mass is 293 g/mol. The molecule has 0 aliphatic carbocycles. The molecule has 0 bridgehead atoms. The summed E-state index contributed by atoms with van der Waals surface area (Å²) in [4.78, 5) is 23.3. The lowest BCUT2D eigenvalue weighted by Gasteiger charge is -2.12. The normalized spacial score (nSPS) is 11.9. The van der Waals surface area contributed by atoms with E-state index < -0.39 is 5.97 Å². The van der Waals surface area contributed by atoms with Crippen LogP contribution in [0.1, 0.15) is 44.5 Å². The third-order valence-electron chi connectivity index (χ3n) is 2.82. The zero-order chi connectivity index (χ0) is 15.8. The maximum Gasteiger partial charge on any atom is 0.338 e. The second kappa shape index (κ2) is 8.29. The van der Waals surface area contributed by atoms with Gasteiger partial charge in [0.25, 0.3) is 5.91 Å². The minimum atomic E-state index is -0.523. The van der Waals surface area contributed by atoms with Crippen LogP contribution in [0.15, 0.2) is 24.3 Å². The van der Waals surface area contributed by atoms with Crippen LogP contribution in [-0.4, -0.2) is 30.6 Å². The molecule has 1 amide bonds. The summed E-state index contributed by atoms with van der Waals surface area (Å²) < 4.78 is 10.5. The Balaban J connectivity index is 2.46. The quantitative estimate of drug-likeness (QED) is 0.785. The first kappa shape index (κ1) is 17.0. The highest BCUT2D eigenvalue weighted by atomic mass is 16.5. The van der Waals surface area contributed by atoms with Gasteiger partial charge in [0, 0.05) is 6.04 Å². The molecule has 0 saturated heterocycles. The van der Waals surface area contributed by atoms with Gasteiger partial charge in [-0.25, -0.2) is 4.79 Å². The first-order chi connectivity index (χ1) is 9.92. The SMILES string of the molecule is CC[C@H](C)NC(=O)COC(=O)c1ccc(OC(C)C)cc1. The highest BCUT2D eigenvalue weighted by molar-refractivity contribution is 5.91.